The highest BCUT2D eigenvalue weighted by Gasteiger charge is 2.33. The molecule has 0 saturated heterocycles. The molecule has 0 radical (unpaired) electrons. The third-order valence-corrected chi connectivity index (χ3v) is 12.1. The van der Waals surface area contributed by atoms with Gasteiger partial charge in [-0.2, -0.15) is 9.97 Å². The predicted molar refractivity (Wildman–Crippen MR) is 209 cm³/mol. The van der Waals surface area contributed by atoms with E-state index in [1.165, 1.54) is 0 Å². The summed E-state index contributed by atoms with van der Waals surface area (Å²) in [4.78, 5) is 15.8. The van der Waals surface area contributed by atoms with E-state index in [0.717, 1.165) is 60.4 Å². The SMILES string of the molecule is O=S1(=O)c2ccccc2-c2ccc(-c3nc(-c4ccc5c(c4)oc4ccccc45)nc(-n4c5ccccc5c5cc(-c6ccccc6)ccc54)n3)cc21. The maximum Gasteiger partial charge on any atom is 0.238 e. The largest absolute Gasteiger partial charge is 0.456 e. The van der Waals surface area contributed by atoms with Crippen LogP contribution >= 0.6 is 0 Å². The molecular weight excluding hydrogens is 677 g/mol. The molecule has 0 aliphatic carbocycles. The van der Waals surface area contributed by atoms with Crippen LogP contribution in [0.5, 0.6) is 0 Å². The molecule has 8 heteroatoms. The summed E-state index contributed by atoms with van der Waals surface area (Å²) >= 11 is 0. The molecule has 53 heavy (non-hydrogen) atoms. The Morgan fingerprint density at radius 3 is 1.94 bits per heavy atom. The lowest BCUT2D eigenvalue weighted by atomic mass is 10.0. The lowest BCUT2D eigenvalue weighted by Gasteiger charge is -2.12. The van der Waals surface area contributed by atoms with Gasteiger partial charge in [0.2, 0.25) is 15.8 Å². The molecule has 0 saturated carbocycles. The second kappa shape index (κ2) is 11.0. The third kappa shape index (κ3) is 4.46. The summed E-state index contributed by atoms with van der Waals surface area (Å²) in [6.07, 6.45) is 0. The van der Waals surface area contributed by atoms with E-state index in [9.17, 15) is 8.42 Å². The summed E-state index contributed by atoms with van der Waals surface area (Å²) in [6.45, 7) is 0. The number of nitrogens with zero attached hydrogens (tertiary/aromatic N) is 4. The molecular formula is C45H26N4O3S. The first kappa shape index (κ1) is 29.8. The Labute approximate surface area is 303 Å². The monoisotopic (exact) mass is 702 g/mol. The highest BCUT2D eigenvalue weighted by molar-refractivity contribution is 7.92. The molecule has 0 spiro atoms. The molecule has 10 aromatic rings. The van der Waals surface area contributed by atoms with Gasteiger partial charge in [-0.25, -0.2) is 13.4 Å². The van der Waals surface area contributed by atoms with Crippen LogP contribution in [0.25, 0.3) is 94.7 Å². The van der Waals surface area contributed by atoms with Crippen LogP contribution in [-0.2, 0) is 9.84 Å². The number of para-hydroxylation sites is 2. The van der Waals surface area contributed by atoms with Crippen molar-refractivity contribution in [1.82, 2.24) is 19.5 Å². The van der Waals surface area contributed by atoms with E-state index in [-0.39, 0.29) is 4.90 Å². The highest BCUT2D eigenvalue weighted by atomic mass is 32.2. The highest BCUT2D eigenvalue weighted by Crippen LogP contribution is 2.44. The van der Waals surface area contributed by atoms with Gasteiger partial charge in [-0.3, -0.25) is 4.57 Å². The van der Waals surface area contributed by atoms with Crippen molar-refractivity contribution in [3.63, 3.8) is 0 Å². The molecule has 250 valence electrons. The molecule has 0 amide bonds. The van der Waals surface area contributed by atoms with Crippen molar-refractivity contribution in [1.29, 1.82) is 0 Å². The fourth-order valence-electron chi connectivity index (χ4n) is 7.73. The van der Waals surface area contributed by atoms with Crippen molar-refractivity contribution in [2.75, 3.05) is 0 Å². The minimum Gasteiger partial charge on any atom is -0.456 e. The predicted octanol–water partition coefficient (Wildman–Crippen LogP) is 10.7. The van der Waals surface area contributed by atoms with E-state index < -0.39 is 9.84 Å². The van der Waals surface area contributed by atoms with Gasteiger partial charge in [0, 0.05) is 43.8 Å². The van der Waals surface area contributed by atoms with Gasteiger partial charge in [0.1, 0.15) is 11.2 Å². The molecule has 0 fully saturated rings. The van der Waals surface area contributed by atoms with Gasteiger partial charge in [0.05, 0.1) is 20.8 Å². The molecule has 3 aromatic heterocycles. The minimum absolute atomic E-state index is 0.244. The number of rotatable bonds is 4. The van der Waals surface area contributed by atoms with Crippen molar-refractivity contribution >= 4 is 53.6 Å². The van der Waals surface area contributed by atoms with Crippen molar-refractivity contribution in [2.24, 2.45) is 0 Å². The first-order valence-corrected chi connectivity index (χ1v) is 18.8. The fraction of sp³-hybridized carbons (Fsp3) is 0. The van der Waals surface area contributed by atoms with Crippen LogP contribution in [0.4, 0.5) is 0 Å². The summed E-state index contributed by atoms with van der Waals surface area (Å²) in [7, 11) is -3.72. The molecule has 4 heterocycles. The van der Waals surface area contributed by atoms with Crippen molar-refractivity contribution in [2.45, 2.75) is 9.79 Å². The van der Waals surface area contributed by atoms with E-state index in [2.05, 4.69) is 47.0 Å². The maximum atomic E-state index is 13.8. The Morgan fingerprint density at radius 1 is 0.434 bits per heavy atom. The van der Waals surface area contributed by atoms with E-state index in [1.54, 1.807) is 18.2 Å². The maximum absolute atomic E-state index is 13.8. The van der Waals surface area contributed by atoms with Gasteiger partial charge in [-0.1, -0.05) is 109 Å². The summed E-state index contributed by atoms with van der Waals surface area (Å²) in [5, 5.41) is 4.16. The summed E-state index contributed by atoms with van der Waals surface area (Å²) in [5.41, 5.74) is 8.33. The standard InChI is InChI=1S/C45H26N4O3S/c50-53(51)41-17-9-6-14-34(41)35-22-19-30(26-42(35)53)44-46-43(29-18-21-33-32-13-5-8-16-39(32)52-40(33)25-29)47-45(48-44)49-37-15-7-4-12-31(37)36-24-28(20-23-38(36)49)27-10-2-1-3-11-27/h1-26H. The Hall–Kier alpha value is -6.90. The van der Waals surface area contributed by atoms with Crippen LogP contribution in [0, 0.1) is 0 Å². The number of fused-ring (bicyclic) bond motifs is 9. The average molecular weight is 703 g/mol. The lowest BCUT2D eigenvalue weighted by molar-refractivity contribution is 0.598. The lowest BCUT2D eigenvalue weighted by Crippen LogP contribution is -2.06. The van der Waals surface area contributed by atoms with Crippen LogP contribution in [0.3, 0.4) is 0 Å². The van der Waals surface area contributed by atoms with Crippen molar-refractivity contribution in [3.8, 4) is 51.0 Å². The summed E-state index contributed by atoms with van der Waals surface area (Å²) < 4.78 is 35.8. The Bertz CT molecular complexity index is 3260. The topological polar surface area (TPSA) is 90.9 Å². The molecule has 11 rings (SSSR count). The summed E-state index contributed by atoms with van der Waals surface area (Å²) in [5.74, 6) is 1.21. The normalized spacial score (nSPS) is 13.2. The Kier molecular flexibility index (Phi) is 6.21. The molecule has 1 aliphatic heterocycles. The van der Waals surface area contributed by atoms with E-state index in [0.29, 0.717) is 39.2 Å². The van der Waals surface area contributed by atoms with Crippen LogP contribution in [0.2, 0.25) is 0 Å². The zero-order valence-electron chi connectivity index (χ0n) is 27.9. The molecule has 0 N–H and O–H groups in total. The molecule has 7 nitrogen and oxygen atoms in total. The first-order chi connectivity index (χ1) is 26.0. The smallest absolute Gasteiger partial charge is 0.238 e. The minimum atomic E-state index is -3.72. The quantitative estimate of drug-likeness (QED) is 0.181. The zero-order chi connectivity index (χ0) is 35.3. The van der Waals surface area contributed by atoms with E-state index >= 15 is 0 Å². The number of furan rings is 1. The molecule has 0 bridgehead atoms. The third-order valence-electron chi connectivity index (χ3n) is 10.2. The van der Waals surface area contributed by atoms with Crippen LogP contribution in [0.15, 0.2) is 172 Å². The Morgan fingerprint density at radius 2 is 1.08 bits per heavy atom. The van der Waals surface area contributed by atoms with Crippen molar-refractivity contribution in [3.05, 3.63) is 158 Å². The summed E-state index contributed by atoms with van der Waals surface area (Å²) in [6, 6.07) is 51.5. The van der Waals surface area contributed by atoms with Crippen LogP contribution < -0.4 is 0 Å². The number of benzene rings is 7. The second-order valence-electron chi connectivity index (χ2n) is 13.3. The molecule has 7 aromatic carbocycles. The van der Waals surface area contributed by atoms with Crippen molar-refractivity contribution < 1.29 is 12.8 Å². The number of hydrogen-bond donors (Lipinski definition) is 0. The first-order valence-electron chi connectivity index (χ1n) is 17.3. The average Bonchev–Trinajstić information content (AvgIpc) is 3.83. The van der Waals surface area contributed by atoms with Gasteiger partial charge in [0.25, 0.3) is 0 Å². The molecule has 1 aliphatic rings. The van der Waals surface area contributed by atoms with Gasteiger partial charge >= 0.3 is 0 Å². The number of hydrogen-bond acceptors (Lipinski definition) is 6. The van der Waals surface area contributed by atoms with Crippen LogP contribution in [-0.4, -0.2) is 27.9 Å². The molecule has 0 unspecified atom stereocenters. The second-order valence-corrected chi connectivity index (χ2v) is 15.1. The molecule has 0 atom stereocenters. The van der Waals surface area contributed by atoms with E-state index in [4.69, 9.17) is 19.4 Å². The van der Waals surface area contributed by atoms with E-state index in [1.807, 2.05) is 97.1 Å². The number of aromatic nitrogens is 4. The Balaban J connectivity index is 1.16. The zero-order valence-corrected chi connectivity index (χ0v) is 28.7. The fourth-order valence-corrected chi connectivity index (χ4v) is 9.45. The van der Waals surface area contributed by atoms with Gasteiger partial charge in [0.15, 0.2) is 11.6 Å². The van der Waals surface area contributed by atoms with Gasteiger partial charge in [-0.05, 0) is 59.7 Å². The van der Waals surface area contributed by atoms with Gasteiger partial charge < -0.3 is 4.42 Å². The van der Waals surface area contributed by atoms with Gasteiger partial charge in [-0.15, -0.1) is 0 Å². The van der Waals surface area contributed by atoms with Crippen LogP contribution in [0.1, 0.15) is 0 Å². The number of sulfone groups is 1.